The number of nitro benzene ring substituents is 1. The highest BCUT2D eigenvalue weighted by atomic mass is 16.6. The number of nitriles is 1. The molecule has 8 heteroatoms. The van der Waals surface area contributed by atoms with Gasteiger partial charge in [-0.25, -0.2) is 0 Å². The summed E-state index contributed by atoms with van der Waals surface area (Å²) >= 11 is 0. The van der Waals surface area contributed by atoms with Gasteiger partial charge in [0.15, 0.2) is 0 Å². The van der Waals surface area contributed by atoms with Crippen molar-refractivity contribution in [2.45, 2.75) is 5.92 Å². The molecular weight excluding hydrogens is 394 g/mol. The topological polar surface area (TPSA) is 131 Å². The summed E-state index contributed by atoms with van der Waals surface area (Å²) in [6.45, 7) is 0. The van der Waals surface area contributed by atoms with E-state index < -0.39 is 10.8 Å². The molecule has 4 aromatic rings. The normalized spacial score (nSPS) is 15.3. The Kier molecular flexibility index (Phi) is 4.15. The Morgan fingerprint density at radius 1 is 1.13 bits per heavy atom. The van der Waals surface area contributed by atoms with Crippen LogP contribution in [-0.2, 0) is 0 Å². The van der Waals surface area contributed by atoms with Crippen LogP contribution in [0.25, 0.3) is 22.0 Å². The van der Waals surface area contributed by atoms with Gasteiger partial charge in [-0.15, -0.1) is 5.10 Å². The van der Waals surface area contributed by atoms with E-state index in [0.29, 0.717) is 16.8 Å². The van der Waals surface area contributed by atoms with Gasteiger partial charge in [-0.05, 0) is 16.3 Å². The Morgan fingerprint density at radius 3 is 2.71 bits per heavy atom. The van der Waals surface area contributed by atoms with Crippen LogP contribution in [0.15, 0.2) is 78.2 Å². The predicted molar refractivity (Wildman–Crippen MR) is 114 cm³/mol. The molecule has 0 radical (unpaired) electrons. The fourth-order valence-corrected chi connectivity index (χ4v) is 4.05. The number of fused-ring (bicyclic) bond motifs is 2. The second-order valence-electron chi connectivity index (χ2n) is 7.12. The highest BCUT2D eigenvalue weighted by molar-refractivity contribution is 5.97. The van der Waals surface area contributed by atoms with Gasteiger partial charge in [-0.2, -0.15) is 5.26 Å². The van der Waals surface area contributed by atoms with E-state index in [4.69, 9.17) is 10.5 Å². The molecule has 3 aromatic carbocycles. The number of H-pyrrole nitrogens is 1. The third kappa shape index (κ3) is 2.88. The Morgan fingerprint density at radius 2 is 1.90 bits per heavy atom. The zero-order valence-electron chi connectivity index (χ0n) is 16.1. The van der Waals surface area contributed by atoms with E-state index in [-0.39, 0.29) is 23.0 Å². The number of hydrogen-bond donors (Lipinski definition) is 2. The Labute approximate surface area is 176 Å². The third-order valence-corrected chi connectivity index (χ3v) is 5.41. The van der Waals surface area contributed by atoms with E-state index in [2.05, 4.69) is 16.3 Å². The molecule has 0 bridgehead atoms. The van der Waals surface area contributed by atoms with Crippen LogP contribution in [0.1, 0.15) is 17.0 Å². The Balaban J connectivity index is 1.78. The highest BCUT2D eigenvalue weighted by Crippen LogP contribution is 2.47. The van der Waals surface area contributed by atoms with Crippen molar-refractivity contribution in [3.63, 3.8) is 0 Å². The summed E-state index contributed by atoms with van der Waals surface area (Å²) < 4.78 is 5.64. The number of allylic oxidation sites excluding steroid dienone is 1. The van der Waals surface area contributed by atoms with Crippen molar-refractivity contribution in [3.8, 4) is 23.2 Å². The van der Waals surface area contributed by atoms with Crippen LogP contribution < -0.4 is 10.5 Å². The lowest BCUT2D eigenvalue weighted by atomic mass is 9.82. The highest BCUT2D eigenvalue weighted by Gasteiger charge is 2.36. The number of nitrogens with one attached hydrogen (secondary N) is 1. The number of non-ortho nitro benzene ring substituents is 1. The van der Waals surface area contributed by atoms with Crippen molar-refractivity contribution in [2.24, 2.45) is 5.73 Å². The molecule has 1 aliphatic rings. The van der Waals surface area contributed by atoms with E-state index in [9.17, 15) is 15.4 Å². The van der Waals surface area contributed by atoms with Crippen molar-refractivity contribution in [2.75, 3.05) is 0 Å². The van der Waals surface area contributed by atoms with Crippen LogP contribution >= 0.6 is 0 Å². The number of ether oxygens (including phenoxy) is 1. The molecular formula is C23H15N5O3. The minimum Gasteiger partial charge on any atom is -0.420 e. The van der Waals surface area contributed by atoms with Crippen molar-refractivity contribution < 1.29 is 9.66 Å². The molecule has 8 nitrogen and oxygen atoms in total. The van der Waals surface area contributed by atoms with Gasteiger partial charge in [-0.1, -0.05) is 54.6 Å². The molecule has 0 amide bonds. The number of aromatic nitrogens is 2. The van der Waals surface area contributed by atoms with Crippen molar-refractivity contribution in [3.05, 3.63) is 99.4 Å². The van der Waals surface area contributed by atoms with Gasteiger partial charge in [0.25, 0.3) is 5.69 Å². The van der Waals surface area contributed by atoms with Crippen LogP contribution in [0.4, 0.5) is 5.69 Å². The van der Waals surface area contributed by atoms with Crippen molar-refractivity contribution >= 4 is 16.5 Å². The first kappa shape index (κ1) is 18.4. The molecule has 3 N–H and O–H groups in total. The lowest BCUT2D eigenvalue weighted by Gasteiger charge is -2.24. The summed E-state index contributed by atoms with van der Waals surface area (Å²) in [7, 11) is 0. The average Bonchev–Trinajstić information content (AvgIpc) is 3.20. The maximum Gasteiger partial charge on any atom is 0.269 e. The lowest BCUT2D eigenvalue weighted by molar-refractivity contribution is -0.384. The number of benzene rings is 3. The molecule has 2 heterocycles. The smallest absolute Gasteiger partial charge is 0.269 e. The minimum absolute atomic E-state index is 0.0672. The van der Waals surface area contributed by atoms with Gasteiger partial charge in [0, 0.05) is 17.7 Å². The van der Waals surface area contributed by atoms with Crippen LogP contribution in [0.2, 0.25) is 0 Å². The summed E-state index contributed by atoms with van der Waals surface area (Å²) in [6.07, 6.45) is 0. The summed E-state index contributed by atoms with van der Waals surface area (Å²) in [5.74, 6) is -0.486. The molecule has 5 rings (SSSR count). The number of nitrogens with two attached hydrogens (primary N) is 1. The van der Waals surface area contributed by atoms with Gasteiger partial charge in [0.2, 0.25) is 11.8 Å². The Bertz CT molecular complexity index is 1430. The lowest BCUT2D eigenvalue weighted by Crippen LogP contribution is -2.21. The van der Waals surface area contributed by atoms with Crippen LogP contribution in [0.3, 0.4) is 0 Å². The molecule has 31 heavy (non-hydrogen) atoms. The summed E-state index contributed by atoms with van der Waals surface area (Å²) in [5.41, 5.74) is 8.84. The van der Waals surface area contributed by atoms with Gasteiger partial charge in [0.1, 0.15) is 11.6 Å². The van der Waals surface area contributed by atoms with E-state index in [1.807, 2.05) is 42.5 Å². The third-order valence-electron chi connectivity index (χ3n) is 5.41. The molecule has 0 saturated carbocycles. The Hall–Kier alpha value is -4.64. The second-order valence-corrected chi connectivity index (χ2v) is 7.12. The quantitative estimate of drug-likeness (QED) is 0.382. The van der Waals surface area contributed by atoms with Gasteiger partial charge >= 0.3 is 0 Å². The van der Waals surface area contributed by atoms with Gasteiger partial charge in [-0.3, -0.25) is 15.2 Å². The number of hydrogen-bond acceptors (Lipinski definition) is 6. The first-order valence-corrected chi connectivity index (χ1v) is 9.47. The van der Waals surface area contributed by atoms with E-state index in [1.54, 1.807) is 12.1 Å². The first-order chi connectivity index (χ1) is 15.1. The largest absolute Gasteiger partial charge is 0.420 e. The molecule has 0 fully saturated rings. The predicted octanol–water partition coefficient (Wildman–Crippen LogP) is 4.36. The standard InChI is InChI=1S/C23H15N5O3/c24-12-18-19(14-7-3-8-15(11-14)28(29)30)20-21(26-27-23(20)31-22(18)25)17-10-4-6-13-5-1-2-9-16(13)17/h1-11,19H,25H2,(H,26,27)/t19-/m0/s1. The average molecular weight is 409 g/mol. The number of nitrogens with zero attached hydrogens (tertiary/aromatic N) is 3. The maximum atomic E-state index is 11.3. The molecule has 0 aliphatic carbocycles. The summed E-state index contributed by atoms with van der Waals surface area (Å²) in [6, 6.07) is 22.1. The molecule has 150 valence electrons. The zero-order chi connectivity index (χ0) is 21.5. The number of aromatic amines is 1. The zero-order valence-corrected chi connectivity index (χ0v) is 16.1. The first-order valence-electron chi connectivity index (χ1n) is 9.47. The second kappa shape index (κ2) is 7.00. The SMILES string of the molecule is N#CC1=C(N)Oc2n[nH]c(-c3cccc4ccccc34)c2[C@H]1c1cccc([N+](=O)[O-])c1. The fraction of sp³-hybridized carbons (Fsp3) is 0.0435. The molecule has 0 saturated heterocycles. The van der Waals surface area contributed by atoms with E-state index in [0.717, 1.165) is 16.3 Å². The number of rotatable bonds is 3. The van der Waals surface area contributed by atoms with Crippen molar-refractivity contribution in [1.29, 1.82) is 5.26 Å². The van der Waals surface area contributed by atoms with Crippen LogP contribution in [-0.4, -0.2) is 15.1 Å². The fourth-order valence-electron chi connectivity index (χ4n) is 4.05. The van der Waals surface area contributed by atoms with E-state index in [1.165, 1.54) is 12.1 Å². The van der Waals surface area contributed by atoms with E-state index >= 15 is 0 Å². The van der Waals surface area contributed by atoms with Crippen LogP contribution in [0.5, 0.6) is 5.88 Å². The molecule has 1 atom stereocenters. The maximum absolute atomic E-state index is 11.3. The molecule has 0 spiro atoms. The van der Waals surface area contributed by atoms with Crippen LogP contribution in [0, 0.1) is 21.4 Å². The molecule has 1 aliphatic heterocycles. The minimum atomic E-state index is -0.665. The van der Waals surface area contributed by atoms with Gasteiger partial charge in [0.05, 0.1) is 22.1 Å². The number of nitro groups is 1. The molecule has 1 aromatic heterocycles. The summed E-state index contributed by atoms with van der Waals surface area (Å²) in [4.78, 5) is 10.9. The van der Waals surface area contributed by atoms with Crippen molar-refractivity contribution in [1.82, 2.24) is 10.2 Å². The summed E-state index contributed by atoms with van der Waals surface area (Å²) in [5, 5.41) is 30.5. The van der Waals surface area contributed by atoms with Gasteiger partial charge < -0.3 is 10.5 Å². The molecule has 0 unspecified atom stereocenters. The monoisotopic (exact) mass is 409 g/mol.